The van der Waals surface area contributed by atoms with Crippen LogP contribution >= 0.6 is 0 Å². The van der Waals surface area contributed by atoms with Crippen molar-refractivity contribution in [2.24, 2.45) is 0 Å². The standard InChI is InChI=1S/C26H32N4O2/c1-4-19(2)27-25(31)21-10-12-22(13-11-21)26-28-24(20(3)32-26)18-29-14-16-30(17-15-29)23-8-6-5-7-9-23/h5-13,19H,4,14-18H2,1-3H3,(H,27,31). The Labute approximate surface area is 190 Å². The van der Waals surface area contributed by atoms with Gasteiger partial charge in [-0.2, -0.15) is 0 Å². The fraction of sp³-hybridized carbons (Fsp3) is 0.385. The monoisotopic (exact) mass is 432 g/mol. The van der Waals surface area contributed by atoms with Gasteiger partial charge in [0.1, 0.15) is 5.76 Å². The maximum Gasteiger partial charge on any atom is 0.251 e. The van der Waals surface area contributed by atoms with E-state index in [9.17, 15) is 4.79 Å². The Hall–Kier alpha value is -3.12. The van der Waals surface area contributed by atoms with Crippen molar-refractivity contribution in [1.29, 1.82) is 0 Å². The second-order valence-electron chi connectivity index (χ2n) is 8.48. The molecule has 168 valence electrons. The summed E-state index contributed by atoms with van der Waals surface area (Å²) in [6.45, 7) is 10.8. The second kappa shape index (κ2) is 10.0. The molecule has 0 spiro atoms. The first kappa shape index (κ1) is 22.1. The number of hydrogen-bond acceptors (Lipinski definition) is 5. The van der Waals surface area contributed by atoms with E-state index in [1.54, 1.807) is 0 Å². The van der Waals surface area contributed by atoms with Crippen LogP contribution in [0.4, 0.5) is 5.69 Å². The van der Waals surface area contributed by atoms with Gasteiger partial charge in [-0.15, -0.1) is 0 Å². The predicted molar refractivity (Wildman–Crippen MR) is 128 cm³/mol. The van der Waals surface area contributed by atoms with Crippen molar-refractivity contribution in [2.75, 3.05) is 31.1 Å². The molecule has 1 aliphatic rings. The SMILES string of the molecule is CCC(C)NC(=O)c1ccc(-c2nc(CN3CCN(c4ccccc4)CC3)c(C)o2)cc1. The van der Waals surface area contributed by atoms with Crippen LogP contribution in [-0.2, 0) is 6.54 Å². The molecule has 32 heavy (non-hydrogen) atoms. The quantitative estimate of drug-likeness (QED) is 0.596. The van der Waals surface area contributed by atoms with Gasteiger partial charge in [0, 0.05) is 55.6 Å². The molecule has 1 aliphatic heterocycles. The number of hydrogen-bond donors (Lipinski definition) is 1. The lowest BCUT2D eigenvalue weighted by molar-refractivity contribution is 0.0939. The average Bonchev–Trinajstić information content (AvgIpc) is 3.20. The topological polar surface area (TPSA) is 61.6 Å². The van der Waals surface area contributed by atoms with Gasteiger partial charge < -0.3 is 14.6 Å². The third-order valence-electron chi connectivity index (χ3n) is 6.14. The van der Waals surface area contributed by atoms with Gasteiger partial charge >= 0.3 is 0 Å². The van der Waals surface area contributed by atoms with Gasteiger partial charge in [-0.3, -0.25) is 9.69 Å². The van der Waals surface area contributed by atoms with E-state index in [0.29, 0.717) is 11.5 Å². The van der Waals surface area contributed by atoms with Crippen LogP contribution in [0.5, 0.6) is 0 Å². The molecule has 6 heteroatoms. The van der Waals surface area contributed by atoms with Crippen molar-refractivity contribution < 1.29 is 9.21 Å². The zero-order valence-corrected chi connectivity index (χ0v) is 19.2. The van der Waals surface area contributed by atoms with E-state index in [1.165, 1.54) is 5.69 Å². The van der Waals surface area contributed by atoms with Crippen LogP contribution in [-0.4, -0.2) is 48.0 Å². The number of carbonyl (C=O) groups excluding carboxylic acids is 1. The minimum Gasteiger partial charge on any atom is -0.441 e. The summed E-state index contributed by atoms with van der Waals surface area (Å²) in [5.41, 5.74) is 3.79. The van der Waals surface area contributed by atoms with Crippen LogP contribution < -0.4 is 10.2 Å². The molecule has 1 N–H and O–H groups in total. The molecular weight excluding hydrogens is 400 g/mol. The maximum atomic E-state index is 12.3. The number of anilines is 1. The fourth-order valence-electron chi connectivity index (χ4n) is 3.89. The highest BCUT2D eigenvalue weighted by atomic mass is 16.4. The van der Waals surface area contributed by atoms with Crippen molar-refractivity contribution in [3.63, 3.8) is 0 Å². The molecule has 1 saturated heterocycles. The molecule has 4 rings (SSSR count). The van der Waals surface area contributed by atoms with E-state index in [4.69, 9.17) is 9.40 Å². The highest BCUT2D eigenvalue weighted by Crippen LogP contribution is 2.24. The van der Waals surface area contributed by atoms with E-state index < -0.39 is 0 Å². The number of carbonyl (C=O) groups is 1. The van der Waals surface area contributed by atoms with Gasteiger partial charge in [-0.1, -0.05) is 25.1 Å². The highest BCUT2D eigenvalue weighted by Gasteiger charge is 2.20. The summed E-state index contributed by atoms with van der Waals surface area (Å²) in [5, 5.41) is 2.99. The summed E-state index contributed by atoms with van der Waals surface area (Å²) in [6, 6.07) is 18.2. The number of aromatic nitrogens is 1. The molecule has 1 amide bonds. The third kappa shape index (κ3) is 5.19. The molecule has 1 atom stereocenters. The smallest absolute Gasteiger partial charge is 0.251 e. The summed E-state index contributed by atoms with van der Waals surface area (Å²) < 4.78 is 5.97. The van der Waals surface area contributed by atoms with E-state index in [2.05, 4.69) is 52.4 Å². The molecule has 1 unspecified atom stereocenters. The molecule has 1 fully saturated rings. The first-order valence-electron chi connectivity index (χ1n) is 11.4. The largest absolute Gasteiger partial charge is 0.441 e. The summed E-state index contributed by atoms with van der Waals surface area (Å²) >= 11 is 0. The number of benzene rings is 2. The zero-order chi connectivity index (χ0) is 22.5. The first-order valence-corrected chi connectivity index (χ1v) is 11.4. The molecule has 1 aromatic heterocycles. The van der Waals surface area contributed by atoms with Crippen molar-refractivity contribution in [1.82, 2.24) is 15.2 Å². The molecular formula is C26H32N4O2. The number of amides is 1. The number of rotatable bonds is 7. The minimum absolute atomic E-state index is 0.0511. The molecule has 2 heterocycles. The molecule has 0 saturated carbocycles. The predicted octanol–water partition coefficient (Wildman–Crippen LogP) is 4.50. The highest BCUT2D eigenvalue weighted by molar-refractivity contribution is 5.94. The zero-order valence-electron chi connectivity index (χ0n) is 19.2. The molecule has 6 nitrogen and oxygen atoms in total. The van der Waals surface area contributed by atoms with Crippen molar-refractivity contribution in [3.8, 4) is 11.5 Å². The van der Waals surface area contributed by atoms with Crippen LogP contribution in [0.3, 0.4) is 0 Å². The normalized spacial score (nSPS) is 15.5. The van der Waals surface area contributed by atoms with Gasteiger partial charge in [0.25, 0.3) is 5.91 Å². The Bertz CT molecular complexity index is 1020. The van der Waals surface area contributed by atoms with Crippen molar-refractivity contribution >= 4 is 11.6 Å². The van der Waals surface area contributed by atoms with Crippen LogP contribution in [0, 0.1) is 6.92 Å². The lowest BCUT2D eigenvalue weighted by atomic mass is 10.1. The van der Waals surface area contributed by atoms with Crippen LogP contribution in [0.15, 0.2) is 59.0 Å². The summed E-state index contributed by atoms with van der Waals surface area (Å²) in [5.74, 6) is 1.41. The molecule has 0 bridgehead atoms. The summed E-state index contributed by atoms with van der Waals surface area (Å²) in [4.78, 5) is 21.9. The third-order valence-corrected chi connectivity index (χ3v) is 6.14. The maximum absolute atomic E-state index is 12.3. The first-order chi connectivity index (χ1) is 15.5. The Balaban J connectivity index is 1.37. The van der Waals surface area contributed by atoms with E-state index in [0.717, 1.165) is 56.2 Å². The van der Waals surface area contributed by atoms with E-state index in [-0.39, 0.29) is 11.9 Å². The average molecular weight is 433 g/mol. The fourth-order valence-corrected chi connectivity index (χ4v) is 3.89. The number of piperazine rings is 1. The van der Waals surface area contributed by atoms with Gasteiger partial charge in [-0.05, 0) is 56.7 Å². The molecule has 2 aromatic carbocycles. The number of nitrogens with one attached hydrogen (secondary N) is 1. The molecule has 0 aliphatic carbocycles. The van der Waals surface area contributed by atoms with Crippen LogP contribution in [0.1, 0.15) is 42.1 Å². The lowest BCUT2D eigenvalue weighted by Gasteiger charge is -2.35. The summed E-state index contributed by atoms with van der Waals surface area (Å²) in [7, 11) is 0. The Morgan fingerprint density at radius 3 is 2.41 bits per heavy atom. The Morgan fingerprint density at radius 1 is 1.06 bits per heavy atom. The second-order valence-corrected chi connectivity index (χ2v) is 8.48. The Kier molecular flexibility index (Phi) is 6.90. The summed E-state index contributed by atoms with van der Waals surface area (Å²) in [6.07, 6.45) is 0.906. The number of oxazole rings is 1. The van der Waals surface area contributed by atoms with Crippen LogP contribution in [0.2, 0.25) is 0 Å². The van der Waals surface area contributed by atoms with Gasteiger partial charge in [0.15, 0.2) is 0 Å². The van der Waals surface area contributed by atoms with Crippen molar-refractivity contribution in [2.45, 2.75) is 39.8 Å². The molecule has 3 aromatic rings. The number of nitrogens with zero attached hydrogens (tertiary/aromatic N) is 3. The van der Waals surface area contributed by atoms with E-state index in [1.807, 2.05) is 38.1 Å². The van der Waals surface area contributed by atoms with Gasteiger partial charge in [0.05, 0.1) is 5.69 Å². The minimum atomic E-state index is -0.0511. The Morgan fingerprint density at radius 2 is 1.75 bits per heavy atom. The van der Waals surface area contributed by atoms with Crippen LogP contribution in [0.25, 0.3) is 11.5 Å². The number of para-hydroxylation sites is 1. The molecule has 0 radical (unpaired) electrons. The van der Waals surface area contributed by atoms with Gasteiger partial charge in [-0.25, -0.2) is 4.98 Å². The number of aryl methyl sites for hydroxylation is 1. The van der Waals surface area contributed by atoms with Crippen molar-refractivity contribution in [3.05, 3.63) is 71.6 Å². The van der Waals surface area contributed by atoms with E-state index >= 15 is 0 Å². The van der Waals surface area contributed by atoms with Gasteiger partial charge in [0.2, 0.25) is 5.89 Å². The lowest BCUT2D eigenvalue weighted by Crippen LogP contribution is -2.46.